The van der Waals surface area contributed by atoms with Crippen LogP contribution in [0.5, 0.6) is 0 Å². The SMILES string of the molecule is CCc1csc(C2CCCN(C(=O)c3occc3C)C2)n1. The van der Waals surface area contributed by atoms with Gasteiger partial charge in [-0.15, -0.1) is 11.3 Å². The van der Waals surface area contributed by atoms with Crippen molar-refractivity contribution in [3.8, 4) is 0 Å². The maximum Gasteiger partial charge on any atom is 0.289 e. The molecule has 1 saturated heterocycles. The first-order valence-corrected chi connectivity index (χ1v) is 8.34. The summed E-state index contributed by atoms with van der Waals surface area (Å²) in [6.07, 6.45) is 4.69. The Balaban J connectivity index is 1.74. The number of hydrogen-bond donors (Lipinski definition) is 0. The largest absolute Gasteiger partial charge is 0.459 e. The van der Waals surface area contributed by atoms with Gasteiger partial charge in [-0.25, -0.2) is 4.98 Å². The molecular formula is C16H20N2O2S. The summed E-state index contributed by atoms with van der Waals surface area (Å²) in [4.78, 5) is 19.1. The zero-order valence-corrected chi connectivity index (χ0v) is 13.3. The van der Waals surface area contributed by atoms with E-state index < -0.39 is 0 Å². The molecule has 0 aliphatic carbocycles. The fourth-order valence-corrected chi connectivity index (χ4v) is 3.80. The minimum absolute atomic E-state index is 0.00877. The second kappa shape index (κ2) is 6.02. The van der Waals surface area contributed by atoms with Gasteiger partial charge >= 0.3 is 0 Å². The second-order valence-corrected chi connectivity index (χ2v) is 6.44. The van der Waals surface area contributed by atoms with E-state index in [0.717, 1.165) is 43.6 Å². The second-order valence-electron chi connectivity index (χ2n) is 5.55. The predicted molar refractivity (Wildman–Crippen MR) is 82.8 cm³/mol. The smallest absolute Gasteiger partial charge is 0.289 e. The Bertz CT molecular complexity index is 632. The van der Waals surface area contributed by atoms with Crippen molar-refractivity contribution in [2.45, 2.75) is 39.0 Å². The van der Waals surface area contributed by atoms with Crippen molar-refractivity contribution >= 4 is 17.2 Å². The quantitative estimate of drug-likeness (QED) is 0.870. The first kappa shape index (κ1) is 14.3. The van der Waals surface area contributed by atoms with Gasteiger partial charge in [-0.1, -0.05) is 6.92 Å². The van der Waals surface area contributed by atoms with Crippen molar-refractivity contribution in [1.29, 1.82) is 0 Å². The highest BCUT2D eigenvalue weighted by atomic mass is 32.1. The van der Waals surface area contributed by atoms with Gasteiger partial charge in [-0.3, -0.25) is 4.79 Å². The zero-order chi connectivity index (χ0) is 14.8. The topological polar surface area (TPSA) is 46.3 Å². The normalized spacial score (nSPS) is 19.0. The van der Waals surface area contributed by atoms with Gasteiger partial charge < -0.3 is 9.32 Å². The number of hydrogen-bond acceptors (Lipinski definition) is 4. The highest BCUT2D eigenvalue weighted by Gasteiger charge is 2.29. The third-order valence-corrected chi connectivity index (χ3v) is 5.10. The van der Waals surface area contributed by atoms with Crippen LogP contribution >= 0.6 is 11.3 Å². The molecule has 0 saturated carbocycles. The number of carbonyl (C=O) groups excluding carboxylic acids is 1. The minimum Gasteiger partial charge on any atom is -0.459 e. The van der Waals surface area contributed by atoms with E-state index in [2.05, 4.69) is 17.3 Å². The molecule has 1 atom stereocenters. The summed E-state index contributed by atoms with van der Waals surface area (Å²) in [5.41, 5.74) is 2.06. The molecule has 0 N–H and O–H groups in total. The van der Waals surface area contributed by atoms with Crippen LogP contribution in [0.2, 0.25) is 0 Å². The van der Waals surface area contributed by atoms with Crippen molar-refractivity contribution in [1.82, 2.24) is 9.88 Å². The lowest BCUT2D eigenvalue weighted by molar-refractivity contribution is 0.0674. The average molecular weight is 304 g/mol. The molecule has 0 radical (unpaired) electrons. The van der Waals surface area contributed by atoms with E-state index >= 15 is 0 Å². The Morgan fingerprint density at radius 1 is 1.57 bits per heavy atom. The lowest BCUT2D eigenvalue weighted by atomic mass is 9.98. The molecule has 1 fully saturated rings. The van der Waals surface area contributed by atoms with E-state index in [4.69, 9.17) is 4.42 Å². The molecule has 2 aromatic heterocycles. The van der Waals surface area contributed by atoms with Crippen molar-refractivity contribution in [2.75, 3.05) is 13.1 Å². The van der Waals surface area contributed by atoms with Gasteiger partial charge in [0, 0.05) is 30.0 Å². The average Bonchev–Trinajstić information content (AvgIpc) is 3.15. The lowest BCUT2D eigenvalue weighted by Crippen LogP contribution is -2.39. The van der Waals surface area contributed by atoms with Crippen molar-refractivity contribution in [2.24, 2.45) is 0 Å². The van der Waals surface area contributed by atoms with Gasteiger partial charge in [0.05, 0.1) is 17.0 Å². The molecule has 1 amide bonds. The summed E-state index contributed by atoms with van der Waals surface area (Å²) in [6, 6.07) is 1.84. The van der Waals surface area contributed by atoms with E-state index in [0.29, 0.717) is 11.7 Å². The van der Waals surface area contributed by atoms with Crippen LogP contribution in [0.1, 0.15) is 52.5 Å². The molecule has 1 aliphatic heterocycles. The summed E-state index contributed by atoms with van der Waals surface area (Å²) < 4.78 is 5.34. The van der Waals surface area contributed by atoms with E-state index in [1.165, 1.54) is 5.01 Å². The number of piperidine rings is 1. The number of amides is 1. The molecule has 0 bridgehead atoms. The Morgan fingerprint density at radius 2 is 2.43 bits per heavy atom. The van der Waals surface area contributed by atoms with Crippen molar-refractivity contribution in [3.63, 3.8) is 0 Å². The standard InChI is InChI=1S/C16H20N2O2S/c1-3-13-10-21-15(17-13)12-5-4-7-18(9-12)16(19)14-11(2)6-8-20-14/h6,8,10,12H,3-5,7,9H2,1-2H3. The van der Waals surface area contributed by atoms with Gasteiger partial charge in [0.1, 0.15) is 0 Å². The lowest BCUT2D eigenvalue weighted by Gasteiger charge is -2.31. The van der Waals surface area contributed by atoms with Gasteiger partial charge in [0.15, 0.2) is 5.76 Å². The van der Waals surface area contributed by atoms with Crippen LogP contribution in [-0.4, -0.2) is 28.9 Å². The Hall–Kier alpha value is -1.62. The third kappa shape index (κ3) is 2.88. The molecule has 0 aromatic carbocycles. The third-order valence-electron chi connectivity index (χ3n) is 4.05. The molecule has 2 aromatic rings. The monoisotopic (exact) mass is 304 g/mol. The maximum atomic E-state index is 12.5. The highest BCUT2D eigenvalue weighted by Crippen LogP contribution is 2.30. The molecule has 112 valence electrons. The molecule has 3 rings (SSSR count). The van der Waals surface area contributed by atoms with Crippen LogP contribution in [0.3, 0.4) is 0 Å². The van der Waals surface area contributed by atoms with E-state index in [9.17, 15) is 4.79 Å². The summed E-state index contributed by atoms with van der Waals surface area (Å²) >= 11 is 1.72. The summed E-state index contributed by atoms with van der Waals surface area (Å²) in [5, 5.41) is 3.30. The van der Waals surface area contributed by atoms with Gasteiger partial charge in [-0.05, 0) is 32.3 Å². The van der Waals surface area contributed by atoms with E-state index in [1.807, 2.05) is 17.9 Å². The highest BCUT2D eigenvalue weighted by molar-refractivity contribution is 7.09. The van der Waals surface area contributed by atoms with Gasteiger partial charge in [0.2, 0.25) is 0 Å². The molecular weight excluding hydrogens is 284 g/mol. The fourth-order valence-electron chi connectivity index (χ4n) is 2.77. The maximum absolute atomic E-state index is 12.5. The van der Waals surface area contributed by atoms with E-state index in [-0.39, 0.29) is 5.91 Å². The summed E-state index contributed by atoms with van der Waals surface area (Å²) in [5.74, 6) is 0.849. The number of carbonyl (C=O) groups is 1. The summed E-state index contributed by atoms with van der Waals surface area (Å²) in [6.45, 7) is 5.58. The molecule has 1 aliphatic rings. The number of rotatable bonds is 3. The van der Waals surface area contributed by atoms with Crippen LogP contribution in [0.25, 0.3) is 0 Å². The van der Waals surface area contributed by atoms with Gasteiger partial charge in [-0.2, -0.15) is 0 Å². The van der Waals surface area contributed by atoms with Gasteiger partial charge in [0.25, 0.3) is 5.91 Å². The van der Waals surface area contributed by atoms with Crippen LogP contribution in [0, 0.1) is 6.92 Å². The Kier molecular flexibility index (Phi) is 4.10. The zero-order valence-electron chi connectivity index (χ0n) is 12.5. The minimum atomic E-state index is 0.00877. The van der Waals surface area contributed by atoms with Crippen LogP contribution < -0.4 is 0 Å². The molecule has 0 spiro atoms. The number of likely N-dealkylation sites (tertiary alicyclic amines) is 1. The van der Waals surface area contributed by atoms with E-state index in [1.54, 1.807) is 17.6 Å². The number of thiazole rings is 1. The Labute approximate surface area is 128 Å². The summed E-state index contributed by atoms with van der Waals surface area (Å²) in [7, 11) is 0. The molecule has 1 unspecified atom stereocenters. The van der Waals surface area contributed by atoms with Crippen molar-refractivity contribution in [3.05, 3.63) is 39.7 Å². The number of aryl methyl sites for hydroxylation is 2. The predicted octanol–water partition coefficient (Wildman–Crippen LogP) is 3.63. The molecule has 5 heteroatoms. The molecule has 3 heterocycles. The number of aromatic nitrogens is 1. The molecule has 21 heavy (non-hydrogen) atoms. The number of nitrogens with zero attached hydrogens (tertiary/aromatic N) is 2. The first-order valence-electron chi connectivity index (χ1n) is 7.46. The fraction of sp³-hybridized carbons (Fsp3) is 0.500. The van der Waals surface area contributed by atoms with Crippen LogP contribution in [0.15, 0.2) is 22.1 Å². The van der Waals surface area contributed by atoms with Crippen molar-refractivity contribution < 1.29 is 9.21 Å². The Morgan fingerprint density at radius 3 is 3.10 bits per heavy atom. The molecule has 4 nitrogen and oxygen atoms in total. The van der Waals surface area contributed by atoms with Crippen LogP contribution in [0.4, 0.5) is 0 Å². The first-order chi connectivity index (χ1) is 10.2. The number of furan rings is 1. The van der Waals surface area contributed by atoms with Crippen LogP contribution in [-0.2, 0) is 6.42 Å².